The molecule has 0 spiro atoms. The minimum absolute atomic E-state index is 0.0233. The van der Waals surface area contributed by atoms with Crippen molar-refractivity contribution in [2.45, 2.75) is 58.9 Å². The first-order valence-electron chi connectivity index (χ1n) is 7.94. The lowest BCUT2D eigenvalue weighted by molar-refractivity contribution is 0.197. The molecule has 0 atom stereocenters. The summed E-state index contributed by atoms with van der Waals surface area (Å²) in [7, 11) is -8.16. The van der Waals surface area contributed by atoms with E-state index < -0.39 is 32.8 Å². The van der Waals surface area contributed by atoms with Crippen molar-refractivity contribution < 1.29 is 26.8 Å². The summed E-state index contributed by atoms with van der Waals surface area (Å²) in [6, 6.07) is 0. The average Bonchev–Trinajstić information content (AvgIpc) is 2.26. The second kappa shape index (κ2) is 9.22. The van der Waals surface area contributed by atoms with Crippen molar-refractivity contribution in [1.82, 2.24) is 0 Å². The highest BCUT2D eigenvalue weighted by Gasteiger charge is 2.38. The molecule has 0 saturated heterocycles. The van der Waals surface area contributed by atoms with E-state index in [-0.39, 0.29) is 13.2 Å². The van der Waals surface area contributed by atoms with Crippen LogP contribution in [0.1, 0.15) is 0 Å². The Hall–Kier alpha value is 0.191. The minimum Gasteiger partial charge on any atom is -0.412 e. The molecule has 144 valence electrons. The molecule has 0 aromatic heterocycles. The van der Waals surface area contributed by atoms with E-state index in [0.717, 1.165) is 0 Å². The maximum atomic E-state index is 13.0. The molecular weight excluding hydrogens is 381 g/mol. The number of rotatable bonds is 11. The van der Waals surface area contributed by atoms with Crippen LogP contribution in [0.2, 0.25) is 58.9 Å². The fraction of sp³-hybridized carbons (Fsp3) is 0.923. The predicted molar refractivity (Wildman–Crippen MR) is 106 cm³/mol. The topological polar surface area (TPSA) is 75.6 Å². The molecule has 0 N–H and O–H groups in total. The number of nitrogens with zero attached hydrogens (tertiary/aromatic N) is 1. The van der Waals surface area contributed by atoms with E-state index in [2.05, 4.69) is 24.8 Å². The van der Waals surface area contributed by atoms with Crippen LogP contribution in [-0.2, 0) is 26.8 Å². The van der Waals surface area contributed by atoms with Crippen molar-refractivity contribution in [2.24, 2.45) is 5.16 Å². The van der Waals surface area contributed by atoms with Gasteiger partial charge in [-0.2, -0.15) is 0 Å². The first-order valence-corrected chi connectivity index (χ1v) is 19.6. The molecular formula is C13H34NO6PSi3. The summed E-state index contributed by atoms with van der Waals surface area (Å²) in [5.41, 5.74) is 0.513. The number of oxime groups is 1. The monoisotopic (exact) mass is 415 g/mol. The largest absolute Gasteiger partial charge is 0.455 e. The minimum atomic E-state index is -3.66. The number of phosphoric acid groups is 1. The lowest BCUT2D eigenvalue weighted by Crippen LogP contribution is -2.32. The van der Waals surface area contributed by atoms with Crippen LogP contribution in [0.4, 0.5) is 0 Å². The summed E-state index contributed by atoms with van der Waals surface area (Å²) in [5.74, 6) is 0. The van der Waals surface area contributed by atoms with Crippen LogP contribution in [0.25, 0.3) is 0 Å². The Kier molecular flexibility index (Phi) is 9.29. The normalized spacial score (nSPS) is 14.8. The number of hydrogen-bond acceptors (Lipinski definition) is 7. The molecule has 24 heavy (non-hydrogen) atoms. The van der Waals surface area contributed by atoms with Gasteiger partial charge in [-0.1, -0.05) is 5.16 Å². The van der Waals surface area contributed by atoms with Gasteiger partial charge in [0.05, 0.1) is 6.61 Å². The first-order chi connectivity index (χ1) is 10.6. The predicted octanol–water partition coefficient (Wildman–Crippen LogP) is 4.67. The van der Waals surface area contributed by atoms with Gasteiger partial charge in [0, 0.05) is 0 Å². The maximum Gasteiger partial charge on any atom is 0.455 e. The summed E-state index contributed by atoms with van der Waals surface area (Å²) < 4.78 is 35.9. The Morgan fingerprint density at radius 3 is 1.62 bits per heavy atom. The molecule has 11 heteroatoms. The molecule has 0 unspecified atom stereocenters. The van der Waals surface area contributed by atoms with Crippen LogP contribution in [0.5, 0.6) is 0 Å². The molecule has 0 amide bonds. The van der Waals surface area contributed by atoms with Crippen molar-refractivity contribution in [2.75, 3.05) is 20.3 Å². The second-order valence-electron chi connectivity index (χ2n) is 8.37. The Labute approximate surface area is 150 Å². The van der Waals surface area contributed by atoms with Gasteiger partial charge in [-0.3, -0.25) is 4.52 Å². The Morgan fingerprint density at radius 1 is 0.833 bits per heavy atom. The van der Waals surface area contributed by atoms with E-state index in [1.54, 1.807) is 0 Å². The summed E-state index contributed by atoms with van der Waals surface area (Å²) in [4.78, 5) is 4.83. The van der Waals surface area contributed by atoms with Gasteiger partial charge in [-0.05, 0) is 58.9 Å². The zero-order chi connectivity index (χ0) is 19.2. The molecule has 0 aliphatic heterocycles. The fourth-order valence-electron chi connectivity index (χ4n) is 1.42. The Bertz CT molecular complexity index is 448. The summed E-state index contributed by atoms with van der Waals surface area (Å²) >= 11 is 0. The van der Waals surface area contributed by atoms with E-state index in [1.807, 2.05) is 39.3 Å². The zero-order valence-electron chi connectivity index (χ0n) is 16.8. The SMILES string of the molecule is CO/N=C(/CO[Si](C)(C)C)COP(=O)(O[Si](C)(C)C)O[Si](C)(C)C. The van der Waals surface area contributed by atoms with Gasteiger partial charge < -0.3 is 17.7 Å². The molecule has 0 aliphatic carbocycles. The van der Waals surface area contributed by atoms with Crippen molar-refractivity contribution in [3.05, 3.63) is 0 Å². The Morgan fingerprint density at radius 2 is 1.29 bits per heavy atom. The average molecular weight is 416 g/mol. The van der Waals surface area contributed by atoms with Gasteiger partial charge >= 0.3 is 7.82 Å². The van der Waals surface area contributed by atoms with Gasteiger partial charge in [-0.25, -0.2) is 4.57 Å². The first kappa shape index (κ1) is 24.2. The summed E-state index contributed by atoms with van der Waals surface area (Å²) in [6.07, 6.45) is 0. The Balaban J connectivity index is 5.06. The van der Waals surface area contributed by atoms with Crippen LogP contribution in [0.15, 0.2) is 5.16 Å². The lowest BCUT2D eigenvalue weighted by Gasteiger charge is -2.30. The van der Waals surface area contributed by atoms with E-state index in [0.29, 0.717) is 5.71 Å². The molecule has 7 nitrogen and oxygen atoms in total. The van der Waals surface area contributed by atoms with E-state index >= 15 is 0 Å². The van der Waals surface area contributed by atoms with Crippen molar-refractivity contribution >= 4 is 38.5 Å². The molecule has 0 aliphatic rings. The van der Waals surface area contributed by atoms with Crippen LogP contribution in [0, 0.1) is 0 Å². The standard InChI is InChI=1S/C13H34NO6PSi3/c1-16-14-13(12-18-22(2,3)4)11-17-21(15,19-23(5,6)7)20-24(8,9)10/h11-12H2,1-10H3/b14-13+. The fourth-order valence-corrected chi connectivity index (χ4v) is 8.60. The van der Waals surface area contributed by atoms with Gasteiger partial charge in [0.15, 0.2) is 25.0 Å². The number of hydrogen-bond donors (Lipinski definition) is 0. The molecule has 0 aromatic rings. The highest BCUT2D eigenvalue weighted by Crippen LogP contribution is 2.53. The van der Waals surface area contributed by atoms with Crippen LogP contribution in [-0.4, -0.2) is 51.0 Å². The molecule has 0 heterocycles. The third kappa shape index (κ3) is 13.5. The quantitative estimate of drug-likeness (QED) is 0.211. The molecule has 0 rings (SSSR count). The lowest BCUT2D eigenvalue weighted by atomic mass is 10.4. The van der Waals surface area contributed by atoms with Gasteiger partial charge in [-0.15, -0.1) is 0 Å². The summed E-state index contributed by atoms with van der Waals surface area (Å²) in [5, 5.41) is 3.90. The van der Waals surface area contributed by atoms with Gasteiger partial charge in [0.1, 0.15) is 19.4 Å². The van der Waals surface area contributed by atoms with Crippen LogP contribution >= 0.6 is 7.82 Å². The van der Waals surface area contributed by atoms with Crippen LogP contribution < -0.4 is 0 Å². The van der Waals surface area contributed by atoms with Crippen LogP contribution in [0.3, 0.4) is 0 Å². The van der Waals surface area contributed by atoms with Crippen molar-refractivity contribution in [1.29, 1.82) is 0 Å². The van der Waals surface area contributed by atoms with Crippen molar-refractivity contribution in [3.63, 3.8) is 0 Å². The molecule has 0 fully saturated rings. The van der Waals surface area contributed by atoms with Gasteiger partial charge in [0.2, 0.25) is 0 Å². The third-order valence-electron chi connectivity index (χ3n) is 2.05. The molecule has 0 radical (unpaired) electrons. The van der Waals surface area contributed by atoms with E-state index in [1.165, 1.54) is 7.11 Å². The third-order valence-corrected chi connectivity index (χ3v) is 9.68. The molecule has 0 aromatic carbocycles. The highest BCUT2D eigenvalue weighted by atomic mass is 31.2. The highest BCUT2D eigenvalue weighted by molar-refractivity contribution is 7.52. The van der Waals surface area contributed by atoms with E-state index in [9.17, 15) is 4.57 Å². The van der Waals surface area contributed by atoms with Gasteiger partial charge in [0.25, 0.3) is 0 Å². The maximum absolute atomic E-state index is 13.0. The smallest absolute Gasteiger partial charge is 0.412 e. The van der Waals surface area contributed by atoms with Crippen molar-refractivity contribution in [3.8, 4) is 0 Å². The van der Waals surface area contributed by atoms with E-state index in [4.69, 9.17) is 22.2 Å². The summed E-state index contributed by atoms with van der Waals surface area (Å²) in [6.45, 7) is 18.1. The second-order valence-corrected chi connectivity index (χ2v) is 23.9. The zero-order valence-corrected chi connectivity index (χ0v) is 20.7. The molecule has 0 saturated carbocycles. The molecule has 0 bridgehead atoms.